The van der Waals surface area contributed by atoms with Crippen LogP contribution in [0.2, 0.25) is 0 Å². The number of likely N-dealkylation sites (N-methyl/N-ethyl adjacent to an activating group) is 1. The Labute approximate surface area is 108 Å². The molecule has 0 saturated heterocycles. The van der Waals surface area contributed by atoms with Crippen molar-refractivity contribution in [1.29, 1.82) is 0 Å². The summed E-state index contributed by atoms with van der Waals surface area (Å²) >= 11 is 0. The maximum Gasteiger partial charge on any atom is 0.243 e. The second-order valence-corrected chi connectivity index (χ2v) is 5.06. The fraction of sp³-hybridized carbons (Fsp3) is 0.500. The van der Waals surface area contributed by atoms with Crippen molar-refractivity contribution in [3.8, 4) is 0 Å². The molecule has 18 heavy (non-hydrogen) atoms. The average molecular weight is 247 g/mol. The number of aryl methyl sites for hydroxylation is 1. The van der Waals surface area contributed by atoms with E-state index in [0.717, 1.165) is 25.9 Å². The first-order valence-corrected chi connectivity index (χ1v) is 6.41. The summed E-state index contributed by atoms with van der Waals surface area (Å²) in [5, 5.41) is 3.07. The maximum atomic E-state index is 11.7. The molecule has 4 heteroatoms. The molecular weight excluding hydrogens is 226 g/mol. The van der Waals surface area contributed by atoms with Gasteiger partial charge in [0.1, 0.15) is 0 Å². The second-order valence-electron chi connectivity index (χ2n) is 5.06. The Balaban J connectivity index is 1.81. The number of hydrogen-bond donors (Lipinski definition) is 1. The second kappa shape index (κ2) is 5.87. The lowest BCUT2D eigenvalue weighted by atomic mass is 10.0. The Bertz CT molecular complexity index is 434. The molecule has 1 N–H and O–H groups in total. The number of amides is 1. The van der Waals surface area contributed by atoms with E-state index in [2.05, 4.69) is 28.2 Å². The lowest BCUT2D eigenvalue weighted by Gasteiger charge is -2.24. The summed E-state index contributed by atoms with van der Waals surface area (Å²) in [4.78, 5) is 13.7. The van der Waals surface area contributed by atoms with Gasteiger partial charge in [-0.05, 0) is 32.6 Å². The van der Waals surface area contributed by atoms with E-state index in [1.807, 2.05) is 25.1 Å². The number of carbonyl (C=O) groups excluding carboxylic acids is 1. The lowest BCUT2D eigenvalue weighted by molar-refractivity contribution is -0.117. The molecule has 2 heterocycles. The molecule has 1 aliphatic heterocycles. The third kappa shape index (κ3) is 3.47. The molecule has 98 valence electrons. The zero-order chi connectivity index (χ0) is 13.0. The fourth-order valence-corrected chi connectivity index (χ4v) is 2.25. The fourth-order valence-electron chi connectivity index (χ4n) is 2.25. The van der Waals surface area contributed by atoms with Gasteiger partial charge in [-0.3, -0.25) is 4.79 Å². The van der Waals surface area contributed by atoms with Crippen LogP contribution in [0.3, 0.4) is 0 Å². The van der Waals surface area contributed by atoms with Gasteiger partial charge in [0.25, 0.3) is 0 Å². The van der Waals surface area contributed by atoms with Crippen LogP contribution in [0, 0.1) is 0 Å². The highest BCUT2D eigenvalue weighted by Gasteiger charge is 2.18. The molecule has 0 aromatic carbocycles. The van der Waals surface area contributed by atoms with Gasteiger partial charge in [-0.2, -0.15) is 0 Å². The molecule has 2 rings (SSSR count). The van der Waals surface area contributed by atoms with Gasteiger partial charge in [-0.1, -0.05) is 6.08 Å². The normalized spacial score (nSPS) is 19.2. The molecule has 1 aliphatic rings. The quantitative estimate of drug-likeness (QED) is 0.807. The third-order valence-electron chi connectivity index (χ3n) is 3.18. The number of nitrogens with zero attached hydrogens (tertiary/aromatic N) is 2. The largest absolute Gasteiger partial charge is 0.351 e. The molecule has 0 bridgehead atoms. The van der Waals surface area contributed by atoms with Crippen molar-refractivity contribution in [2.24, 2.45) is 0 Å². The molecule has 1 amide bonds. The zero-order valence-corrected chi connectivity index (χ0v) is 11.1. The minimum Gasteiger partial charge on any atom is -0.351 e. The van der Waals surface area contributed by atoms with Crippen LogP contribution in [0.1, 0.15) is 12.1 Å². The minimum absolute atomic E-state index is 0.0156. The number of hydrogen-bond acceptors (Lipinski definition) is 2. The topological polar surface area (TPSA) is 37.3 Å². The molecule has 1 aromatic rings. The standard InChI is InChI=1S/C14H21N3O/c1-16(2)8-4-6-14(18)15-12-7-10-17-9-3-5-13(17)11-12/h3-6,9,12H,7-8,10-11H2,1-2H3,(H,15,18)/b6-4+. The number of fused-ring (bicyclic) bond motifs is 1. The van der Waals surface area contributed by atoms with Crippen molar-refractivity contribution in [2.75, 3.05) is 20.6 Å². The summed E-state index contributed by atoms with van der Waals surface area (Å²) in [5.74, 6) is 0.0156. The number of carbonyl (C=O) groups is 1. The average Bonchev–Trinajstić information content (AvgIpc) is 2.75. The van der Waals surface area contributed by atoms with Gasteiger partial charge in [-0.25, -0.2) is 0 Å². The van der Waals surface area contributed by atoms with E-state index in [0.29, 0.717) is 0 Å². The van der Waals surface area contributed by atoms with Crippen molar-refractivity contribution in [1.82, 2.24) is 14.8 Å². The van der Waals surface area contributed by atoms with Crippen LogP contribution in [-0.4, -0.2) is 42.1 Å². The zero-order valence-electron chi connectivity index (χ0n) is 11.1. The van der Waals surface area contributed by atoms with Crippen molar-refractivity contribution >= 4 is 5.91 Å². The smallest absolute Gasteiger partial charge is 0.243 e. The van der Waals surface area contributed by atoms with Crippen molar-refractivity contribution in [3.05, 3.63) is 36.2 Å². The van der Waals surface area contributed by atoms with Crippen LogP contribution < -0.4 is 5.32 Å². The van der Waals surface area contributed by atoms with E-state index in [4.69, 9.17) is 0 Å². The highest BCUT2D eigenvalue weighted by molar-refractivity contribution is 5.87. The van der Waals surface area contributed by atoms with Gasteiger partial charge in [0, 0.05) is 43.5 Å². The Hall–Kier alpha value is -1.55. The van der Waals surface area contributed by atoms with E-state index >= 15 is 0 Å². The molecule has 1 atom stereocenters. The molecular formula is C14H21N3O. The monoisotopic (exact) mass is 247 g/mol. The number of rotatable bonds is 4. The highest BCUT2D eigenvalue weighted by Crippen LogP contribution is 2.15. The number of aromatic nitrogens is 1. The van der Waals surface area contributed by atoms with Crippen molar-refractivity contribution < 1.29 is 4.79 Å². The van der Waals surface area contributed by atoms with Crippen LogP contribution in [-0.2, 0) is 17.8 Å². The Morgan fingerprint density at radius 2 is 2.44 bits per heavy atom. The van der Waals surface area contributed by atoms with E-state index in [1.54, 1.807) is 6.08 Å². The van der Waals surface area contributed by atoms with Gasteiger partial charge in [0.05, 0.1) is 0 Å². The van der Waals surface area contributed by atoms with Crippen LogP contribution in [0.4, 0.5) is 0 Å². The molecule has 1 unspecified atom stereocenters. The molecule has 0 aliphatic carbocycles. The molecule has 0 radical (unpaired) electrons. The third-order valence-corrected chi connectivity index (χ3v) is 3.18. The van der Waals surface area contributed by atoms with Crippen molar-refractivity contribution in [3.63, 3.8) is 0 Å². The van der Waals surface area contributed by atoms with Gasteiger partial charge in [-0.15, -0.1) is 0 Å². The summed E-state index contributed by atoms with van der Waals surface area (Å²) in [6.45, 7) is 1.79. The first kappa shape index (κ1) is 12.9. The summed E-state index contributed by atoms with van der Waals surface area (Å²) in [6.07, 6.45) is 7.56. The highest BCUT2D eigenvalue weighted by atomic mass is 16.1. The Morgan fingerprint density at radius 3 is 3.22 bits per heavy atom. The predicted octanol–water partition coefficient (Wildman–Crippen LogP) is 1.04. The first-order valence-electron chi connectivity index (χ1n) is 6.41. The molecule has 4 nitrogen and oxygen atoms in total. The summed E-state index contributed by atoms with van der Waals surface area (Å²) in [5.41, 5.74) is 1.31. The SMILES string of the molecule is CN(C)C/C=C/C(=O)NC1CCn2cccc2C1. The first-order chi connectivity index (χ1) is 8.65. The predicted molar refractivity (Wildman–Crippen MR) is 72.4 cm³/mol. The summed E-state index contributed by atoms with van der Waals surface area (Å²) in [7, 11) is 3.97. The van der Waals surface area contributed by atoms with Gasteiger partial charge in [0.2, 0.25) is 5.91 Å². The minimum atomic E-state index is 0.0156. The van der Waals surface area contributed by atoms with E-state index in [9.17, 15) is 4.79 Å². The van der Waals surface area contributed by atoms with Crippen LogP contribution in [0.15, 0.2) is 30.5 Å². The number of nitrogens with one attached hydrogen (secondary N) is 1. The summed E-state index contributed by atoms with van der Waals surface area (Å²) in [6, 6.07) is 4.46. The van der Waals surface area contributed by atoms with Gasteiger partial charge in [0.15, 0.2) is 0 Å². The summed E-state index contributed by atoms with van der Waals surface area (Å²) < 4.78 is 2.25. The molecule has 1 aromatic heterocycles. The lowest BCUT2D eigenvalue weighted by Crippen LogP contribution is -2.39. The molecule has 0 saturated carbocycles. The van der Waals surface area contributed by atoms with Crippen LogP contribution in [0.25, 0.3) is 0 Å². The van der Waals surface area contributed by atoms with Gasteiger partial charge < -0.3 is 14.8 Å². The van der Waals surface area contributed by atoms with Crippen LogP contribution in [0.5, 0.6) is 0 Å². The molecule has 0 fully saturated rings. The van der Waals surface area contributed by atoms with Crippen LogP contribution >= 0.6 is 0 Å². The van der Waals surface area contributed by atoms with Gasteiger partial charge >= 0.3 is 0 Å². The Kier molecular flexibility index (Phi) is 4.20. The van der Waals surface area contributed by atoms with E-state index in [1.165, 1.54) is 5.69 Å². The molecule has 0 spiro atoms. The Morgan fingerprint density at radius 1 is 1.61 bits per heavy atom. The van der Waals surface area contributed by atoms with E-state index < -0.39 is 0 Å². The maximum absolute atomic E-state index is 11.7. The van der Waals surface area contributed by atoms with E-state index in [-0.39, 0.29) is 11.9 Å². The van der Waals surface area contributed by atoms with Crippen molar-refractivity contribution in [2.45, 2.75) is 25.4 Å².